The molecule has 3 aliphatic rings. The molecule has 0 radical (unpaired) electrons. The summed E-state index contributed by atoms with van der Waals surface area (Å²) in [6.07, 6.45) is 6.72. The van der Waals surface area contributed by atoms with Gasteiger partial charge in [-0.2, -0.15) is 0 Å². The second kappa shape index (κ2) is 5.23. The normalized spacial score (nSPS) is 37.1. The van der Waals surface area contributed by atoms with Gasteiger partial charge in [-0.1, -0.05) is 30.2 Å². The summed E-state index contributed by atoms with van der Waals surface area (Å²) in [5.74, 6) is 1.05. The Bertz CT molecular complexity index is 733. The largest absolute Gasteiger partial charge is 0.508 e. The molecule has 2 N–H and O–H groups in total. The van der Waals surface area contributed by atoms with E-state index in [2.05, 4.69) is 38.7 Å². The zero-order valence-corrected chi connectivity index (χ0v) is 15.2. The molecule has 1 saturated carbocycles. The molecule has 0 amide bonds. The van der Waals surface area contributed by atoms with Crippen LogP contribution in [-0.2, 0) is 11.8 Å². The van der Waals surface area contributed by atoms with E-state index < -0.39 is 0 Å². The number of nitrogens with one attached hydrogen (secondary N) is 1. The maximum absolute atomic E-state index is 10.1. The Kier molecular flexibility index (Phi) is 3.47. The number of aryl methyl sites for hydroxylation is 1. The van der Waals surface area contributed by atoms with E-state index in [4.69, 9.17) is 0 Å². The first-order chi connectivity index (χ1) is 11.5. The van der Waals surface area contributed by atoms with Crippen LogP contribution in [0.1, 0.15) is 51.2 Å². The Morgan fingerprint density at radius 2 is 2.12 bits per heavy atom. The van der Waals surface area contributed by atoms with Gasteiger partial charge in [0.05, 0.1) is 0 Å². The van der Waals surface area contributed by atoms with Crippen molar-refractivity contribution in [2.45, 2.75) is 57.9 Å². The van der Waals surface area contributed by atoms with Gasteiger partial charge in [-0.25, -0.2) is 0 Å². The van der Waals surface area contributed by atoms with Gasteiger partial charge in [0.1, 0.15) is 5.75 Å². The summed E-state index contributed by atoms with van der Waals surface area (Å²) in [4.78, 5) is 0. The second-order valence-electron chi connectivity index (χ2n) is 8.27. The molecule has 2 heteroatoms. The van der Waals surface area contributed by atoms with Crippen molar-refractivity contribution in [2.75, 3.05) is 6.54 Å². The lowest BCUT2D eigenvalue weighted by Crippen LogP contribution is -2.61. The molecule has 1 fully saturated rings. The van der Waals surface area contributed by atoms with E-state index >= 15 is 0 Å². The first-order valence-electron chi connectivity index (χ1n) is 9.30. The minimum Gasteiger partial charge on any atom is -0.508 e. The molecule has 0 aliphatic heterocycles. The summed E-state index contributed by atoms with van der Waals surface area (Å²) in [7, 11) is 0. The number of fused-ring (bicyclic) bond motifs is 3. The van der Waals surface area contributed by atoms with E-state index in [1.54, 1.807) is 11.1 Å². The van der Waals surface area contributed by atoms with Gasteiger partial charge in [0.25, 0.3) is 0 Å². The maximum Gasteiger partial charge on any atom is 0.115 e. The fourth-order valence-electron chi connectivity index (χ4n) is 6.41. The maximum atomic E-state index is 10.1. The highest BCUT2D eigenvalue weighted by Crippen LogP contribution is 2.67. The molecule has 3 aliphatic carbocycles. The van der Waals surface area contributed by atoms with Crippen molar-refractivity contribution < 1.29 is 5.11 Å². The van der Waals surface area contributed by atoms with Gasteiger partial charge in [0.15, 0.2) is 0 Å². The molecule has 2 nitrogen and oxygen atoms in total. The first kappa shape index (κ1) is 16.0. The lowest BCUT2D eigenvalue weighted by molar-refractivity contribution is 0.0403. The molecule has 1 unspecified atom stereocenters. The average Bonchev–Trinajstić information content (AvgIpc) is 2.72. The summed E-state index contributed by atoms with van der Waals surface area (Å²) in [6.45, 7) is 11.9. The molecule has 0 heterocycles. The second-order valence-corrected chi connectivity index (χ2v) is 8.27. The quantitative estimate of drug-likeness (QED) is 0.804. The smallest absolute Gasteiger partial charge is 0.115 e. The van der Waals surface area contributed by atoms with Crippen molar-refractivity contribution in [2.24, 2.45) is 11.3 Å². The molecular weight excluding hydrogens is 294 g/mol. The van der Waals surface area contributed by atoms with Crippen LogP contribution < -0.4 is 5.32 Å². The number of rotatable bonds is 3. The minimum atomic E-state index is 0.0938. The molecule has 4 atom stereocenters. The van der Waals surface area contributed by atoms with E-state index in [0.717, 1.165) is 13.0 Å². The van der Waals surface area contributed by atoms with Crippen molar-refractivity contribution in [1.29, 1.82) is 0 Å². The molecule has 0 saturated heterocycles. The first-order valence-corrected chi connectivity index (χ1v) is 9.30. The van der Waals surface area contributed by atoms with Crippen LogP contribution in [0, 0.1) is 11.3 Å². The predicted octanol–water partition coefficient (Wildman–Crippen LogP) is 4.49. The van der Waals surface area contributed by atoms with E-state index in [9.17, 15) is 5.11 Å². The number of phenols is 1. The highest BCUT2D eigenvalue weighted by molar-refractivity contribution is 5.51. The van der Waals surface area contributed by atoms with E-state index in [1.807, 2.05) is 18.2 Å². The summed E-state index contributed by atoms with van der Waals surface area (Å²) < 4.78 is 0. The van der Waals surface area contributed by atoms with Crippen molar-refractivity contribution in [3.8, 4) is 5.75 Å². The molecule has 1 spiro atoms. The molecule has 0 aromatic heterocycles. The Hall–Kier alpha value is -1.54. The third-order valence-corrected chi connectivity index (χ3v) is 7.65. The number of aromatic hydroxyl groups is 1. The van der Waals surface area contributed by atoms with Crippen molar-refractivity contribution in [3.63, 3.8) is 0 Å². The van der Waals surface area contributed by atoms with E-state index in [0.29, 0.717) is 17.7 Å². The third-order valence-electron chi connectivity index (χ3n) is 7.65. The van der Waals surface area contributed by atoms with E-state index in [-0.39, 0.29) is 10.8 Å². The van der Waals surface area contributed by atoms with Crippen LogP contribution in [-0.4, -0.2) is 17.7 Å². The van der Waals surface area contributed by atoms with Crippen molar-refractivity contribution in [1.82, 2.24) is 5.32 Å². The SMILES string of the molecule is C=CCNC1[C@H]2CC[C@@]3(C)c4cc(O)ccc4CC[C@]13C(C)=C2C. The van der Waals surface area contributed by atoms with Crippen LogP contribution in [0.2, 0.25) is 0 Å². The van der Waals surface area contributed by atoms with Gasteiger partial charge < -0.3 is 10.4 Å². The van der Waals surface area contributed by atoms with Gasteiger partial charge in [0, 0.05) is 23.4 Å². The fraction of sp³-hybridized carbons (Fsp3) is 0.545. The summed E-state index contributed by atoms with van der Waals surface area (Å²) in [5, 5.41) is 14.0. The fourth-order valence-corrected chi connectivity index (χ4v) is 6.41. The Balaban J connectivity index is 1.92. The van der Waals surface area contributed by atoms with Crippen molar-refractivity contribution in [3.05, 3.63) is 53.1 Å². The lowest BCUT2D eigenvalue weighted by Gasteiger charge is -2.59. The Labute approximate surface area is 145 Å². The summed E-state index contributed by atoms with van der Waals surface area (Å²) in [6, 6.07) is 6.52. The third kappa shape index (κ3) is 1.75. The minimum absolute atomic E-state index is 0.0938. The predicted molar refractivity (Wildman–Crippen MR) is 99.3 cm³/mol. The standard InChI is InChI=1S/C22H29NO/c1-5-12-23-20-18-9-10-21(4)19-13-17(24)7-6-16(19)8-11-22(20,21)15(3)14(18)2/h5-7,13,18,20,23-24H,1,8-12H2,2-4H3/t18-,20?,21-,22-/m0/s1. The average molecular weight is 323 g/mol. The molecular formula is C22H29NO. The Morgan fingerprint density at radius 3 is 2.88 bits per heavy atom. The topological polar surface area (TPSA) is 32.3 Å². The van der Waals surface area contributed by atoms with Gasteiger partial charge in [-0.15, -0.1) is 6.58 Å². The van der Waals surface area contributed by atoms with Crippen LogP contribution in [0.4, 0.5) is 0 Å². The lowest BCUT2D eigenvalue weighted by atomic mass is 9.46. The van der Waals surface area contributed by atoms with Gasteiger partial charge in [0.2, 0.25) is 0 Å². The highest BCUT2D eigenvalue weighted by Gasteiger charge is 2.64. The van der Waals surface area contributed by atoms with Crippen LogP contribution in [0.25, 0.3) is 0 Å². The number of benzene rings is 1. The zero-order valence-electron chi connectivity index (χ0n) is 15.2. The Morgan fingerprint density at radius 1 is 1.33 bits per heavy atom. The number of hydrogen-bond donors (Lipinski definition) is 2. The van der Waals surface area contributed by atoms with Crippen LogP contribution in [0.15, 0.2) is 42.0 Å². The molecule has 1 aromatic rings. The van der Waals surface area contributed by atoms with Crippen molar-refractivity contribution >= 4 is 0 Å². The van der Waals surface area contributed by atoms with E-state index in [1.165, 1.54) is 30.4 Å². The number of phenolic OH excluding ortho intramolecular Hbond substituents is 1. The molecule has 128 valence electrons. The zero-order chi connectivity index (χ0) is 17.1. The van der Waals surface area contributed by atoms with Gasteiger partial charge in [-0.05, 0) is 68.7 Å². The molecule has 24 heavy (non-hydrogen) atoms. The van der Waals surface area contributed by atoms with Crippen LogP contribution >= 0.6 is 0 Å². The monoisotopic (exact) mass is 323 g/mol. The molecule has 1 aromatic carbocycles. The number of hydrogen-bond acceptors (Lipinski definition) is 2. The van der Waals surface area contributed by atoms with Crippen LogP contribution in [0.5, 0.6) is 5.75 Å². The molecule has 2 bridgehead atoms. The van der Waals surface area contributed by atoms with Crippen LogP contribution in [0.3, 0.4) is 0 Å². The van der Waals surface area contributed by atoms with Gasteiger partial charge >= 0.3 is 0 Å². The summed E-state index contributed by atoms with van der Waals surface area (Å²) in [5.41, 5.74) is 6.28. The highest BCUT2D eigenvalue weighted by atomic mass is 16.3. The summed E-state index contributed by atoms with van der Waals surface area (Å²) >= 11 is 0. The van der Waals surface area contributed by atoms with Gasteiger partial charge in [-0.3, -0.25) is 0 Å². The molecule has 4 rings (SSSR count).